The number of esters is 4. The van der Waals surface area contributed by atoms with Crippen LogP contribution in [0.1, 0.15) is 318 Å². The molecule has 3 N–H and O–H groups in total. The molecule has 19 heteroatoms. The minimum atomic E-state index is -4.94. The molecule has 492 valence electrons. The highest BCUT2D eigenvalue weighted by Crippen LogP contribution is 2.45. The first-order valence-corrected chi connectivity index (χ1v) is 36.6. The highest BCUT2D eigenvalue weighted by molar-refractivity contribution is 7.47. The molecule has 0 amide bonds. The second-order valence-corrected chi connectivity index (χ2v) is 26.5. The van der Waals surface area contributed by atoms with Crippen LogP contribution < -0.4 is 0 Å². The number of aliphatic hydroxyl groups excluding tert-OH is 1. The van der Waals surface area contributed by atoms with Gasteiger partial charge in [0.1, 0.15) is 19.3 Å². The Morgan fingerprint density at radius 1 is 0.337 bits per heavy atom. The molecule has 0 aromatic rings. The zero-order valence-corrected chi connectivity index (χ0v) is 55.3. The summed E-state index contributed by atoms with van der Waals surface area (Å²) in [6.07, 6.45) is 39.5. The molecule has 4 unspecified atom stereocenters. The van der Waals surface area contributed by atoms with Crippen molar-refractivity contribution in [2.75, 3.05) is 39.6 Å². The summed E-state index contributed by atoms with van der Waals surface area (Å²) in [7, 11) is -9.88. The molecular weight excluding hydrogens is 1100 g/mol. The van der Waals surface area contributed by atoms with E-state index in [2.05, 4.69) is 41.5 Å². The van der Waals surface area contributed by atoms with Gasteiger partial charge >= 0.3 is 39.5 Å². The number of rotatable bonds is 63. The van der Waals surface area contributed by atoms with Crippen molar-refractivity contribution in [3.8, 4) is 0 Å². The van der Waals surface area contributed by atoms with Crippen molar-refractivity contribution in [1.82, 2.24) is 0 Å². The van der Waals surface area contributed by atoms with Crippen LogP contribution in [0.25, 0.3) is 0 Å². The van der Waals surface area contributed by atoms with Crippen molar-refractivity contribution in [1.29, 1.82) is 0 Å². The monoisotopic (exact) mass is 1230 g/mol. The van der Waals surface area contributed by atoms with Crippen LogP contribution in [-0.2, 0) is 65.4 Å². The Bertz CT molecular complexity index is 1640. The third kappa shape index (κ3) is 56.3. The highest BCUT2D eigenvalue weighted by Gasteiger charge is 2.30. The maximum Gasteiger partial charge on any atom is 0.472 e. The minimum Gasteiger partial charge on any atom is -0.462 e. The summed E-state index contributed by atoms with van der Waals surface area (Å²) in [6, 6.07) is 0. The molecule has 0 aromatic carbocycles. The Morgan fingerprint density at radius 2 is 0.578 bits per heavy atom. The average Bonchev–Trinajstić information content (AvgIpc) is 3.46. The molecule has 0 bridgehead atoms. The van der Waals surface area contributed by atoms with Gasteiger partial charge < -0.3 is 33.8 Å². The fourth-order valence-electron chi connectivity index (χ4n) is 9.47. The van der Waals surface area contributed by atoms with Crippen LogP contribution in [0.15, 0.2) is 0 Å². The smallest absolute Gasteiger partial charge is 0.462 e. The van der Waals surface area contributed by atoms with Gasteiger partial charge in [0.2, 0.25) is 0 Å². The van der Waals surface area contributed by atoms with Crippen LogP contribution >= 0.6 is 15.6 Å². The number of unbranched alkanes of at least 4 members (excludes halogenated alkanes) is 31. The number of ether oxygens (including phenoxy) is 4. The molecule has 0 aliphatic carbocycles. The topological polar surface area (TPSA) is 237 Å². The number of hydrogen-bond donors (Lipinski definition) is 3. The van der Waals surface area contributed by atoms with E-state index in [9.17, 15) is 43.2 Å². The van der Waals surface area contributed by atoms with Gasteiger partial charge in [0.25, 0.3) is 0 Å². The molecule has 0 spiro atoms. The lowest BCUT2D eigenvalue weighted by Crippen LogP contribution is -2.30. The summed E-state index contributed by atoms with van der Waals surface area (Å²) < 4.78 is 67.8. The first-order chi connectivity index (χ1) is 39.9. The molecule has 0 aliphatic rings. The Morgan fingerprint density at radius 3 is 0.855 bits per heavy atom. The van der Waals surface area contributed by atoms with Crippen molar-refractivity contribution in [3.05, 3.63) is 0 Å². The van der Waals surface area contributed by atoms with E-state index in [0.717, 1.165) is 115 Å². The summed E-state index contributed by atoms with van der Waals surface area (Å²) in [4.78, 5) is 71.9. The molecule has 0 radical (unpaired) electrons. The maximum atomic E-state index is 13.0. The quantitative estimate of drug-likeness (QED) is 0.0222. The first kappa shape index (κ1) is 81.1. The van der Waals surface area contributed by atoms with Crippen molar-refractivity contribution < 1.29 is 80.2 Å². The third-order valence-corrected chi connectivity index (χ3v) is 17.3. The van der Waals surface area contributed by atoms with E-state index in [-0.39, 0.29) is 25.7 Å². The Kier molecular flexibility index (Phi) is 55.2. The molecule has 0 saturated carbocycles. The van der Waals surface area contributed by atoms with E-state index in [1.807, 2.05) is 0 Å². The molecule has 0 aromatic heterocycles. The predicted molar refractivity (Wildman–Crippen MR) is 331 cm³/mol. The average molecular weight is 1230 g/mol. The largest absolute Gasteiger partial charge is 0.472 e. The number of phosphoric ester groups is 2. The molecule has 17 nitrogen and oxygen atoms in total. The van der Waals surface area contributed by atoms with E-state index in [4.69, 9.17) is 37.0 Å². The highest BCUT2D eigenvalue weighted by atomic mass is 31.2. The van der Waals surface area contributed by atoms with Gasteiger partial charge in [-0.1, -0.05) is 266 Å². The van der Waals surface area contributed by atoms with Gasteiger partial charge in [0.05, 0.1) is 26.4 Å². The summed E-state index contributed by atoms with van der Waals surface area (Å²) in [6.45, 7) is 9.32. The molecule has 0 saturated heterocycles. The minimum absolute atomic E-state index is 0.102. The summed E-state index contributed by atoms with van der Waals surface area (Å²) >= 11 is 0. The summed E-state index contributed by atoms with van der Waals surface area (Å²) in [5.74, 6) is -0.697. The predicted octanol–water partition coefficient (Wildman–Crippen LogP) is 17.7. The Labute approximate surface area is 505 Å². The van der Waals surface area contributed by atoms with E-state index < -0.39 is 97.5 Å². The number of hydrogen-bond acceptors (Lipinski definition) is 15. The van der Waals surface area contributed by atoms with Gasteiger partial charge in [-0.15, -0.1) is 0 Å². The lowest BCUT2D eigenvalue weighted by Gasteiger charge is -2.21. The third-order valence-electron chi connectivity index (χ3n) is 15.4. The van der Waals surface area contributed by atoms with Crippen LogP contribution in [-0.4, -0.2) is 96.7 Å². The number of carbonyl (C=O) groups excluding carboxylic acids is 4. The van der Waals surface area contributed by atoms with E-state index in [1.54, 1.807) is 0 Å². The number of aliphatic hydroxyl groups is 1. The van der Waals surface area contributed by atoms with Gasteiger partial charge in [-0.25, -0.2) is 9.13 Å². The van der Waals surface area contributed by atoms with E-state index in [1.165, 1.54) is 122 Å². The molecule has 0 aliphatic heterocycles. The van der Waals surface area contributed by atoms with Crippen molar-refractivity contribution in [2.45, 2.75) is 336 Å². The molecule has 83 heavy (non-hydrogen) atoms. The first-order valence-electron chi connectivity index (χ1n) is 33.6. The molecule has 0 rings (SSSR count). The van der Waals surface area contributed by atoms with Crippen LogP contribution in [0.5, 0.6) is 0 Å². The fourth-order valence-corrected chi connectivity index (χ4v) is 11.0. The van der Waals surface area contributed by atoms with Crippen molar-refractivity contribution in [2.24, 2.45) is 11.8 Å². The van der Waals surface area contributed by atoms with Gasteiger partial charge in [0, 0.05) is 25.7 Å². The van der Waals surface area contributed by atoms with Gasteiger partial charge in [-0.05, 0) is 37.5 Å². The van der Waals surface area contributed by atoms with Crippen LogP contribution in [0.2, 0.25) is 0 Å². The molecule has 0 heterocycles. The molecule has 7 atom stereocenters. The zero-order chi connectivity index (χ0) is 61.5. The van der Waals surface area contributed by atoms with Crippen molar-refractivity contribution >= 4 is 39.5 Å². The van der Waals surface area contributed by atoms with E-state index >= 15 is 0 Å². The summed E-state index contributed by atoms with van der Waals surface area (Å²) in [5.41, 5.74) is 0. The van der Waals surface area contributed by atoms with Gasteiger partial charge in [-0.2, -0.15) is 0 Å². The van der Waals surface area contributed by atoms with E-state index in [0.29, 0.717) is 25.7 Å². The lowest BCUT2D eigenvalue weighted by atomic mass is 10.00. The van der Waals surface area contributed by atoms with Crippen LogP contribution in [0.4, 0.5) is 0 Å². The standard InChI is InChI=1S/C64H124O17P2/c1-7-11-13-15-16-17-18-19-20-21-22-23-24-25-26-27-36-42-48-63(68)80-60(53-75-62(67)47-41-35-30-28-33-38-44-56(5)9-3)55-79-83(72,73)77-51-58(65)50-76-82(70,71)78-54-59(52-74-61(66)46-40-32-14-12-8-2)81-64(69)49-43-37-31-29-34-39-45-57(6)10-4/h56-60,65H,7-55H2,1-6H3,(H,70,71)(H,72,73)/t56?,57?,58-,59+,60+/m0/s1. The lowest BCUT2D eigenvalue weighted by molar-refractivity contribution is -0.161. The normalized spacial score (nSPS) is 15.0. The zero-order valence-electron chi connectivity index (χ0n) is 53.5. The van der Waals surface area contributed by atoms with Gasteiger partial charge in [-0.3, -0.25) is 37.3 Å². The fraction of sp³-hybridized carbons (Fsp3) is 0.938. The molecule has 0 fully saturated rings. The second kappa shape index (κ2) is 56.6. The maximum absolute atomic E-state index is 13.0. The van der Waals surface area contributed by atoms with Crippen LogP contribution in [0, 0.1) is 11.8 Å². The van der Waals surface area contributed by atoms with Gasteiger partial charge in [0.15, 0.2) is 12.2 Å². The number of carbonyl (C=O) groups is 4. The van der Waals surface area contributed by atoms with Crippen LogP contribution in [0.3, 0.4) is 0 Å². The Hall–Kier alpha value is -1.94. The SMILES string of the molecule is CCCCCCCCCCCCCCCCCCCCC(=O)O[C@H](COC(=O)CCCCCCCCC(C)CC)COP(=O)(O)OC[C@@H](O)COP(=O)(O)OC[C@@H](COC(=O)CCCCCCC)OC(=O)CCCCCCCCC(C)CC. The second-order valence-electron chi connectivity index (χ2n) is 23.6. The molecular formula is C64H124O17P2. The summed E-state index contributed by atoms with van der Waals surface area (Å²) in [5, 5.41) is 10.5. The van der Waals surface area contributed by atoms with Crippen molar-refractivity contribution in [3.63, 3.8) is 0 Å². The number of phosphoric acid groups is 2. The Balaban J connectivity index is 5.14.